The Kier molecular flexibility index (Phi) is 3.18. The van der Waals surface area contributed by atoms with E-state index in [2.05, 4.69) is 19.6 Å². The van der Waals surface area contributed by atoms with Crippen molar-refractivity contribution in [2.45, 2.75) is 12.3 Å². The van der Waals surface area contributed by atoms with Gasteiger partial charge in [-0.2, -0.15) is 0 Å². The molecule has 1 N–H and O–H groups in total. The molecule has 7 heteroatoms. The van der Waals surface area contributed by atoms with Gasteiger partial charge in [0.2, 0.25) is 5.91 Å². The predicted molar refractivity (Wildman–Crippen MR) is 81.9 cm³/mol. The lowest BCUT2D eigenvalue weighted by Crippen LogP contribution is -2.49. The summed E-state index contributed by atoms with van der Waals surface area (Å²) < 4.78 is 4.48. The highest BCUT2D eigenvalue weighted by Crippen LogP contribution is 2.24. The number of benzene rings is 1. The van der Waals surface area contributed by atoms with E-state index in [-0.39, 0.29) is 11.8 Å². The molecule has 0 saturated carbocycles. The second-order valence-corrected chi connectivity index (χ2v) is 5.69. The monoisotopic (exact) mass is 310 g/mol. The van der Waals surface area contributed by atoms with Crippen molar-refractivity contribution >= 4 is 16.8 Å². The molecule has 116 valence electrons. The number of para-hydroxylation sites is 1. The number of nitrogens with one attached hydrogen (secondary N) is 1. The van der Waals surface area contributed by atoms with Crippen molar-refractivity contribution in [2.75, 3.05) is 13.1 Å². The second-order valence-electron chi connectivity index (χ2n) is 5.69. The Bertz CT molecular complexity index is 924. The quantitative estimate of drug-likeness (QED) is 0.781. The summed E-state index contributed by atoms with van der Waals surface area (Å²) in [6.45, 7) is 1.09. The predicted octanol–water partition coefficient (Wildman–Crippen LogP) is 1.08. The molecule has 2 aromatic heterocycles. The summed E-state index contributed by atoms with van der Waals surface area (Å²) in [4.78, 5) is 31.9. The van der Waals surface area contributed by atoms with Gasteiger partial charge >= 0.3 is 5.76 Å². The van der Waals surface area contributed by atoms with Gasteiger partial charge < -0.3 is 4.90 Å². The molecule has 1 fully saturated rings. The van der Waals surface area contributed by atoms with Gasteiger partial charge in [0.15, 0.2) is 5.82 Å². The van der Waals surface area contributed by atoms with Crippen LogP contribution in [0.2, 0.25) is 0 Å². The van der Waals surface area contributed by atoms with Crippen LogP contribution in [0.1, 0.15) is 17.3 Å². The molecule has 0 unspecified atom stereocenters. The topological polar surface area (TPSA) is 92.1 Å². The standard InChI is InChI=1S/C16H14N4O3/c21-14(20-8-12(9-20)15-18-16(22)23-19-15)6-10-5-11-3-1-2-4-13(11)17-7-10/h1-5,7,12H,6,8-9H2,(H,18,19,22). The number of pyridine rings is 1. The molecule has 23 heavy (non-hydrogen) atoms. The fourth-order valence-corrected chi connectivity index (χ4v) is 2.77. The molecular formula is C16H14N4O3. The number of fused-ring (bicyclic) bond motifs is 1. The van der Waals surface area contributed by atoms with Gasteiger partial charge in [-0.15, -0.1) is 0 Å². The Morgan fingerprint density at radius 3 is 2.96 bits per heavy atom. The van der Waals surface area contributed by atoms with Crippen LogP contribution < -0.4 is 5.76 Å². The molecule has 1 aromatic carbocycles. The summed E-state index contributed by atoms with van der Waals surface area (Å²) >= 11 is 0. The van der Waals surface area contributed by atoms with Crippen LogP contribution in [-0.2, 0) is 11.2 Å². The van der Waals surface area contributed by atoms with Gasteiger partial charge in [0, 0.05) is 24.7 Å². The van der Waals surface area contributed by atoms with Crippen molar-refractivity contribution in [3.63, 3.8) is 0 Å². The summed E-state index contributed by atoms with van der Waals surface area (Å²) in [6.07, 6.45) is 2.06. The number of carbonyl (C=O) groups excluding carboxylic acids is 1. The zero-order valence-electron chi connectivity index (χ0n) is 12.2. The SMILES string of the molecule is O=C(Cc1cnc2ccccc2c1)N1CC(c2noc(=O)[nH]2)C1. The van der Waals surface area contributed by atoms with Gasteiger partial charge in [-0.05, 0) is 17.7 Å². The maximum Gasteiger partial charge on any atom is 0.438 e. The van der Waals surface area contributed by atoms with Crippen LogP contribution in [0.4, 0.5) is 0 Å². The van der Waals surface area contributed by atoms with E-state index in [1.165, 1.54) is 0 Å². The van der Waals surface area contributed by atoms with E-state index >= 15 is 0 Å². The summed E-state index contributed by atoms with van der Waals surface area (Å²) in [5.41, 5.74) is 1.81. The number of carbonyl (C=O) groups is 1. The third-order valence-electron chi connectivity index (χ3n) is 4.08. The lowest BCUT2D eigenvalue weighted by Gasteiger charge is -2.37. The minimum absolute atomic E-state index is 0.0418. The van der Waals surface area contributed by atoms with Crippen LogP contribution in [-0.4, -0.2) is 39.0 Å². The van der Waals surface area contributed by atoms with Gasteiger partial charge in [0.25, 0.3) is 0 Å². The summed E-state index contributed by atoms with van der Waals surface area (Å²) in [5, 5.41) is 4.69. The van der Waals surface area contributed by atoms with Crippen molar-refractivity contribution in [3.05, 3.63) is 58.5 Å². The molecule has 0 bridgehead atoms. The molecule has 4 rings (SSSR count). The number of aromatic nitrogens is 3. The number of hydrogen-bond donors (Lipinski definition) is 1. The molecule has 0 spiro atoms. The second kappa shape index (κ2) is 5.35. The molecule has 3 heterocycles. The van der Waals surface area contributed by atoms with Crippen LogP contribution >= 0.6 is 0 Å². The van der Waals surface area contributed by atoms with Crippen molar-refractivity contribution in [1.82, 2.24) is 20.0 Å². The van der Waals surface area contributed by atoms with Crippen molar-refractivity contribution in [2.24, 2.45) is 0 Å². The Labute approximate surface area is 130 Å². The Morgan fingerprint density at radius 1 is 1.35 bits per heavy atom. The molecule has 0 aliphatic carbocycles. The Balaban J connectivity index is 1.41. The molecule has 0 atom stereocenters. The van der Waals surface area contributed by atoms with E-state index < -0.39 is 5.76 Å². The smallest absolute Gasteiger partial charge is 0.341 e. The van der Waals surface area contributed by atoms with Crippen LogP contribution in [0, 0.1) is 0 Å². The zero-order valence-corrected chi connectivity index (χ0v) is 12.2. The molecule has 7 nitrogen and oxygen atoms in total. The van der Waals surface area contributed by atoms with Crippen molar-refractivity contribution in [3.8, 4) is 0 Å². The number of likely N-dealkylation sites (tertiary alicyclic amines) is 1. The van der Waals surface area contributed by atoms with E-state index in [1.54, 1.807) is 11.1 Å². The van der Waals surface area contributed by atoms with Crippen LogP contribution in [0.3, 0.4) is 0 Å². The number of amides is 1. The highest BCUT2D eigenvalue weighted by molar-refractivity contribution is 5.83. The summed E-state index contributed by atoms with van der Waals surface area (Å²) in [7, 11) is 0. The number of hydrogen-bond acceptors (Lipinski definition) is 5. The largest absolute Gasteiger partial charge is 0.438 e. The molecular weight excluding hydrogens is 296 g/mol. The van der Waals surface area contributed by atoms with Gasteiger partial charge in [0.05, 0.1) is 17.9 Å². The van der Waals surface area contributed by atoms with Crippen LogP contribution in [0.25, 0.3) is 10.9 Å². The molecule has 1 aliphatic rings. The summed E-state index contributed by atoms with van der Waals surface area (Å²) in [5.74, 6) is 0.0303. The minimum Gasteiger partial charge on any atom is -0.341 e. The average molecular weight is 310 g/mol. The van der Waals surface area contributed by atoms with Crippen LogP contribution in [0.15, 0.2) is 45.8 Å². The normalized spacial score (nSPS) is 14.9. The maximum absolute atomic E-state index is 12.3. The van der Waals surface area contributed by atoms with E-state index in [1.807, 2.05) is 30.3 Å². The first-order valence-electron chi connectivity index (χ1n) is 7.36. The highest BCUT2D eigenvalue weighted by atomic mass is 16.5. The third-order valence-corrected chi connectivity index (χ3v) is 4.08. The third kappa shape index (κ3) is 2.61. The maximum atomic E-state index is 12.3. The lowest BCUT2D eigenvalue weighted by molar-refractivity contribution is -0.135. The average Bonchev–Trinajstić information content (AvgIpc) is 2.92. The lowest BCUT2D eigenvalue weighted by atomic mass is 9.98. The first kappa shape index (κ1) is 13.7. The molecule has 1 saturated heterocycles. The number of H-pyrrole nitrogens is 1. The fourth-order valence-electron chi connectivity index (χ4n) is 2.77. The fraction of sp³-hybridized carbons (Fsp3) is 0.250. The van der Waals surface area contributed by atoms with Gasteiger partial charge in [-0.25, -0.2) is 4.79 Å². The Morgan fingerprint density at radius 2 is 2.17 bits per heavy atom. The summed E-state index contributed by atoms with van der Waals surface area (Å²) in [6, 6.07) is 9.81. The number of aromatic amines is 1. The van der Waals surface area contributed by atoms with Crippen molar-refractivity contribution < 1.29 is 9.32 Å². The van der Waals surface area contributed by atoms with Crippen molar-refractivity contribution in [1.29, 1.82) is 0 Å². The van der Waals surface area contributed by atoms with E-state index in [0.717, 1.165) is 16.5 Å². The first-order valence-corrected chi connectivity index (χ1v) is 7.36. The van der Waals surface area contributed by atoms with E-state index in [0.29, 0.717) is 25.3 Å². The highest BCUT2D eigenvalue weighted by Gasteiger charge is 2.34. The van der Waals surface area contributed by atoms with Gasteiger partial charge in [0.1, 0.15) is 0 Å². The van der Waals surface area contributed by atoms with E-state index in [4.69, 9.17) is 0 Å². The molecule has 0 radical (unpaired) electrons. The molecule has 3 aromatic rings. The van der Waals surface area contributed by atoms with Gasteiger partial charge in [-0.1, -0.05) is 23.4 Å². The molecule has 1 aliphatic heterocycles. The van der Waals surface area contributed by atoms with Gasteiger partial charge in [-0.3, -0.25) is 19.3 Å². The minimum atomic E-state index is -0.563. The zero-order chi connectivity index (χ0) is 15.8. The molecule has 1 amide bonds. The van der Waals surface area contributed by atoms with Crippen LogP contribution in [0.5, 0.6) is 0 Å². The number of rotatable bonds is 3. The first-order chi connectivity index (χ1) is 11.2. The Hall–Kier alpha value is -2.96. The van der Waals surface area contributed by atoms with E-state index in [9.17, 15) is 9.59 Å². The number of nitrogens with zero attached hydrogens (tertiary/aromatic N) is 3.